The summed E-state index contributed by atoms with van der Waals surface area (Å²) in [5.41, 5.74) is 3.15. The maximum absolute atomic E-state index is 12.5. The number of anilines is 1. The van der Waals surface area contributed by atoms with E-state index >= 15 is 0 Å². The van der Waals surface area contributed by atoms with E-state index in [-0.39, 0.29) is 5.91 Å². The van der Waals surface area contributed by atoms with Gasteiger partial charge in [0.05, 0.1) is 23.4 Å². The second-order valence-electron chi connectivity index (χ2n) is 6.15. The fourth-order valence-corrected chi connectivity index (χ4v) is 3.13. The molecule has 144 valence electrons. The summed E-state index contributed by atoms with van der Waals surface area (Å²) < 4.78 is 10.4. The Kier molecular flexibility index (Phi) is 6.06. The second kappa shape index (κ2) is 8.67. The van der Waals surface area contributed by atoms with E-state index in [0.717, 1.165) is 16.3 Å². The number of esters is 1. The van der Waals surface area contributed by atoms with Crippen LogP contribution in [0.5, 0.6) is 5.75 Å². The van der Waals surface area contributed by atoms with E-state index in [1.807, 2.05) is 19.2 Å². The number of carbonyl (C=O) groups is 2. The number of hydrogen-bond acceptors (Lipinski definition) is 6. The van der Waals surface area contributed by atoms with Crippen molar-refractivity contribution in [3.05, 3.63) is 75.2 Å². The lowest BCUT2D eigenvalue weighted by Gasteiger charge is -2.11. The van der Waals surface area contributed by atoms with Crippen molar-refractivity contribution in [1.82, 2.24) is 4.98 Å². The summed E-state index contributed by atoms with van der Waals surface area (Å²) in [6.07, 6.45) is 0. The highest BCUT2D eigenvalue weighted by atomic mass is 32.1. The van der Waals surface area contributed by atoms with Gasteiger partial charge in [-0.15, -0.1) is 11.3 Å². The predicted molar refractivity (Wildman–Crippen MR) is 108 cm³/mol. The molecule has 0 atom stereocenters. The molecule has 0 spiro atoms. The zero-order valence-corrected chi connectivity index (χ0v) is 16.6. The molecule has 0 aliphatic carbocycles. The minimum absolute atomic E-state index is 0.271. The van der Waals surface area contributed by atoms with Crippen LogP contribution in [0.3, 0.4) is 0 Å². The van der Waals surface area contributed by atoms with E-state index < -0.39 is 5.97 Å². The minimum Gasteiger partial charge on any atom is -0.487 e. The maximum atomic E-state index is 12.5. The van der Waals surface area contributed by atoms with Crippen LogP contribution in [0.15, 0.2) is 47.8 Å². The summed E-state index contributed by atoms with van der Waals surface area (Å²) in [6, 6.07) is 11.9. The van der Waals surface area contributed by atoms with Crippen LogP contribution in [0.25, 0.3) is 0 Å². The summed E-state index contributed by atoms with van der Waals surface area (Å²) in [7, 11) is 1.32. The number of nitrogens with one attached hydrogen (secondary N) is 1. The smallest absolute Gasteiger partial charge is 0.337 e. The molecule has 1 N–H and O–H groups in total. The lowest BCUT2D eigenvalue weighted by molar-refractivity contribution is 0.0600. The standard InChI is InChI=1S/C21H20N2O4S/c1-13-4-5-16(21(25)26-3)10-19(13)23-20(24)15-6-8-18(9-7-15)27-11-17-12-28-14(2)22-17/h4-10,12H,11H2,1-3H3,(H,23,24). The number of carbonyl (C=O) groups excluding carboxylic acids is 2. The number of methoxy groups -OCH3 is 1. The number of nitrogens with zero attached hydrogens (tertiary/aromatic N) is 1. The van der Waals surface area contributed by atoms with Crippen LogP contribution >= 0.6 is 11.3 Å². The molecule has 6 nitrogen and oxygen atoms in total. The van der Waals surface area contributed by atoms with Crippen LogP contribution in [0, 0.1) is 13.8 Å². The third kappa shape index (κ3) is 4.75. The summed E-state index contributed by atoms with van der Waals surface area (Å²) in [6.45, 7) is 4.19. The third-order valence-electron chi connectivity index (χ3n) is 4.08. The van der Waals surface area contributed by atoms with E-state index in [9.17, 15) is 9.59 Å². The Labute approximate surface area is 167 Å². The molecule has 3 aromatic rings. The molecule has 0 radical (unpaired) electrons. The molecule has 0 saturated heterocycles. The maximum Gasteiger partial charge on any atom is 0.337 e. The highest BCUT2D eigenvalue weighted by Gasteiger charge is 2.12. The molecule has 0 aliphatic heterocycles. The SMILES string of the molecule is COC(=O)c1ccc(C)c(NC(=O)c2ccc(OCc3csc(C)n3)cc2)c1. The molecule has 0 aliphatic rings. The topological polar surface area (TPSA) is 77.5 Å². The van der Waals surface area contributed by atoms with Crippen LogP contribution in [0.2, 0.25) is 0 Å². The van der Waals surface area contributed by atoms with E-state index in [2.05, 4.69) is 10.3 Å². The van der Waals surface area contributed by atoms with Gasteiger partial charge in [0.25, 0.3) is 5.91 Å². The van der Waals surface area contributed by atoms with Crippen molar-refractivity contribution in [1.29, 1.82) is 0 Å². The van der Waals surface area contributed by atoms with Gasteiger partial charge in [-0.1, -0.05) is 6.07 Å². The van der Waals surface area contributed by atoms with Gasteiger partial charge in [-0.2, -0.15) is 0 Å². The Bertz CT molecular complexity index is 996. The fourth-order valence-electron chi connectivity index (χ4n) is 2.53. The summed E-state index contributed by atoms with van der Waals surface area (Å²) in [5, 5.41) is 5.79. The summed E-state index contributed by atoms with van der Waals surface area (Å²) in [5.74, 6) is -0.0647. The molecule has 3 rings (SSSR count). The number of thiazole rings is 1. The second-order valence-corrected chi connectivity index (χ2v) is 7.21. The molecule has 1 aromatic heterocycles. The molecule has 0 bridgehead atoms. The van der Waals surface area contributed by atoms with E-state index in [0.29, 0.717) is 29.2 Å². The molecular formula is C21H20N2O4S. The largest absolute Gasteiger partial charge is 0.487 e. The average molecular weight is 396 g/mol. The molecular weight excluding hydrogens is 376 g/mol. The van der Waals surface area contributed by atoms with Crippen LogP contribution in [0.4, 0.5) is 5.69 Å². The van der Waals surface area contributed by atoms with Gasteiger partial charge < -0.3 is 14.8 Å². The Morgan fingerprint density at radius 3 is 2.43 bits per heavy atom. The number of aryl methyl sites for hydroxylation is 2. The van der Waals surface area contributed by atoms with E-state index in [1.165, 1.54) is 7.11 Å². The lowest BCUT2D eigenvalue weighted by Crippen LogP contribution is -2.13. The summed E-state index contributed by atoms with van der Waals surface area (Å²) >= 11 is 1.58. The first-order valence-electron chi connectivity index (χ1n) is 8.60. The van der Waals surface area contributed by atoms with Gasteiger partial charge in [0.15, 0.2) is 0 Å². The van der Waals surface area contributed by atoms with Crippen molar-refractivity contribution in [2.75, 3.05) is 12.4 Å². The van der Waals surface area contributed by atoms with Gasteiger partial charge in [0.2, 0.25) is 0 Å². The molecule has 0 saturated carbocycles. The van der Waals surface area contributed by atoms with Crippen molar-refractivity contribution >= 4 is 28.9 Å². The van der Waals surface area contributed by atoms with Crippen molar-refractivity contribution < 1.29 is 19.1 Å². The van der Waals surface area contributed by atoms with Gasteiger partial charge in [-0.3, -0.25) is 4.79 Å². The highest BCUT2D eigenvalue weighted by Crippen LogP contribution is 2.20. The first-order valence-corrected chi connectivity index (χ1v) is 9.48. The van der Waals surface area contributed by atoms with Crippen LogP contribution in [-0.2, 0) is 11.3 Å². The Balaban J connectivity index is 1.65. The van der Waals surface area contributed by atoms with E-state index in [4.69, 9.17) is 9.47 Å². The lowest BCUT2D eigenvalue weighted by atomic mass is 10.1. The predicted octanol–water partition coefficient (Wildman–Crippen LogP) is 4.38. The van der Waals surface area contributed by atoms with Crippen molar-refractivity contribution in [2.24, 2.45) is 0 Å². The minimum atomic E-state index is -0.452. The average Bonchev–Trinajstić information content (AvgIpc) is 3.13. The van der Waals surface area contributed by atoms with Crippen molar-refractivity contribution in [3.63, 3.8) is 0 Å². The number of benzene rings is 2. The molecule has 2 aromatic carbocycles. The molecule has 1 heterocycles. The first-order chi connectivity index (χ1) is 13.5. The number of aromatic nitrogens is 1. The van der Waals surface area contributed by atoms with Crippen LogP contribution < -0.4 is 10.1 Å². The molecule has 28 heavy (non-hydrogen) atoms. The zero-order chi connectivity index (χ0) is 20.1. The monoisotopic (exact) mass is 396 g/mol. The number of hydrogen-bond donors (Lipinski definition) is 1. The Hall–Kier alpha value is -3.19. The zero-order valence-electron chi connectivity index (χ0n) is 15.8. The summed E-state index contributed by atoms with van der Waals surface area (Å²) in [4.78, 5) is 28.6. The Morgan fingerprint density at radius 1 is 1.07 bits per heavy atom. The van der Waals surface area contributed by atoms with Gasteiger partial charge in [0, 0.05) is 16.6 Å². The third-order valence-corrected chi connectivity index (χ3v) is 4.90. The normalized spacial score (nSPS) is 10.4. The molecule has 0 fully saturated rings. The molecule has 7 heteroatoms. The van der Waals surface area contributed by atoms with Crippen molar-refractivity contribution in [2.45, 2.75) is 20.5 Å². The first kappa shape index (κ1) is 19.6. The van der Waals surface area contributed by atoms with Gasteiger partial charge in [-0.25, -0.2) is 9.78 Å². The van der Waals surface area contributed by atoms with Gasteiger partial charge in [-0.05, 0) is 55.8 Å². The van der Waals surface area contributed by atoms with Gasteiger partial charge in [0.1, 0.15) is 12.4 Å². The fraction of sp³-hybridized carbons (Fsp3) is 0.190. The number of rotatable bonds is 6. The quantitative estimate of drug-likeness (QED) is 0.626. The van der Waals surface area contributed by atoms with Crippen LogP contribution in [-0.4, -0.2) is 24.0 Å². The highest BCUT2D eigenvalue weighted by molar-refractivity contribution is 7.09. The number of amides is 1. The van der Waals surface area contributed by atoms with Crippen molar-refractivity contribution in [3.8, 4) is 5.75 Å². The van der Waals surface area contributed by atoms with Crippen LogP contribution in [0.1, 0.15) is 37.0 Å². The van der Waals surface area contributed by atoms with Gasteiger partial charge >= 0.3 is 5.97 Å². The number of ether oxygens (including phenoxy) is 2. The Morgan fingerprint density at radius 2 is 1.79 bits per heavy atom. The molecule has 0 unspecified atom stereocenters. The molecule has 1 amide bonds. The van der Waals surface area contributed by atoms with E-state index in [1.54, 1.807) is 53.8 Å².